The SMILES string of the molecule is N#Cc1c(-c2cccc(F)c2)c(OC(N)=O)c2n1CC[N+](CCCC(F)(F)F)(OC(N)=O)C2. The number of alkyl halides is 3. The maximum atomic E-state index is 13.9. The first-order valence-electron chi connectivity index (χ1n) is 9.75. The van der Waals surface area contributed by atoms with Crippen molar-refractivity contribution in [3.05, 3.63) is 41.5 Å². The summed E-state index contributed by atoms with van der Waals surface area (Å²) in [4.78, 5) is 28.4. The van der Waals surface area contributed by atoms with Gasteiger partial charge in [0.05, 0.1) is 12.1 Å². The van der Waals surface area contributed by atoms with Gasteiger partial charge in [0.1, 0.15) is 36.4 Å². The van der Waals surface area contributed by atoms with Gasteiger partial charge in [-0.1, -0.05) is 12.1 Å². The van der Waals surface area contributed by atoms with E-state index in [4.69, 9.17) is 21.0 Å². The van der Waals surface area contributed by atoms with Gasteiger partial charge in [0.25, 0.3) is 0 Å². The van der Waals surface area contributed by atoms with Crippen LogP contribution in [0.2, 0.25) is 0 Å². The minimum Gasteiger partial charge on any atom is -0.408 e. The summed E-state index contributed by atoms with van der Waals surface area (Å²) in [5.41, 5.74) is 10.9. The van der Waals surface area contributed by atoms with Gasteiger partial charge in [0, 0.05) is 12.8 Å². The van der Waals surface area contributed by atoms with Crippen LogP contribution in [0.25, 0.3) is 11.1 Å². The average Bonchev–Trinajstić information content (AvgIpc) is 2.98. The fourth-order valence-corrected chi connectivity index (χ4v) is 3.99. The van der Waals surface area contributed by atoms with Gasteiger partial charge in [-0.3, -0.25) is 4.84 Å². The summed E-state index contributed by atoms with van der Waals surface area (Å²) in [6, 6.07) is 7.18. The molecule has 176 valence electrons. The number of nitrogens with zero attached hydrogens (tertiary/aromatic N) is 3. The zero-order chi connectivity index (χ0) is 24.4. The first kappa shape index (κ1) is 23.9. The second-order valence-corrected chi connectivity index (χ2v) is 7.49. The molecule has 0 spiro atoms. The van der Waals surface area contributed by atoms with Crippen molar-refractivity contribution in [1.29, 1.82) is 5.26 Å². The molecule has 33 heavy (non-hydrogen) atoms. The molecule has 0 saturated carbocycles. The Balaban J connectivity index is 2.12. The number of carbonyl (C=O) groups excluding carboxylic acids is 2. The van der Waals surface area contributed by atoms with Crippen molar-refractivity contribution in [2.45, 2.75) is 32.1 Å². The fraction of sp³-hybridized carbons (Fsp3) is 0.350. The average molecular weight is 470 g/mol. The fourth-order valence-electron chi connectivity index (χ4n) is 3.99. The number of quaternary nitrogens is 1. The lowest BCUT2D eigenvalue weighted by molar-refractivity contribution is -1.10. The summed E-state index contributed by atoms with van der Waals surface area (Å²) in [7, 11) is 0. The molecule has 0 aliphatic carbocycles. The highest BCUT2D eigenvalue weighted by atomic mass is 19.4. The number of benzene rings is 1. The van der Waals surface area contributed by atoms with Gasteiger partial charge in [-0.15, -0.1) is 4.65 Å². The van der Waals surface area contributed by atoms with Crippen LogP contribution in [-0.4, -0.2) is 40.7 Å². The lowest BCUT2D eigenvalue weighted by atomic mass is 10.0. The number of hydrogen-bond acceptors (Lipinski definition) is 5. The van der Waals surface area contributed by atoms with E-state index in [1.807, 2.05) is 6.07 Å². The molecule has 0 saturated heterocycles. The summed E-state index contributed by atoms with van der Waals surface area (Å²) in [5.74, 6) is -0.782. The Kier molecular flexibility index (Phi) is 6.50. The Morgan fingerprint density at radius 2 is 1.97 bits per heavy atom. The van der Waals surface area contributed by atoms with Gasteiger partial charge in [-0.05, 0) is 17.7 Å². The van der Waals surface area contributed by atoms with Crippen LogP contribution in [0.3, 0.4) is 0 Å². The molecular weight excluding hydrogens is 450 g/mol. The van der Waals surface area contributed by atoms with E-state index in [1.165, 1.54) is 22.8 Å². The van der Waals surface area contributed by atoms with Crippen molar-refractivity contribution in [3.63, 3.8) is 0 Å². The van der Waals surface area contributed by atoms with Gasteiger partial charge in [-0.2, -0.15) is 18.4 Å². The lowest BCUT2D eigenvalue weighted by Gasteiger charge is -2.37. The maximum Gasteiger partial charge on any atom is 0.459 e. The quantitative estimate of drug-likeness (QED) is 0.494. The third-order valence-electron chi connectivity index (χ3n) is 5.22. The number of nitriles is 1. The second-order valence-electron chi connectivity index (χ2n) is 7.49. The molecule has 2 heterocycles. The highest BCUT2D eigenvalue weighted by molar-refractivity contribution is 5.81. The Hall–Kier alpha value is -3.79. The third kappa shape index (κ3) is 5.35. The number of carbonyl (C=O) groups is 2. The molecule has 0 bridgehead atoms. The van der Waals surface area contributed by atoms with Crippen molar-refractivity contribution in [1.82, 2.24) is 4.57 Å². The number of fused-ring (bicyclic) bond motifs is 1. The van der Waals surface area contributed by atoms with Crippen molar-refractivity contribution in [2.24, 2.45) is 11.5 Å². The van der Waals surface area contributed by atoms with Crippen LogP contribution in [0.15, 0.2) is 24.3 Å². The smallest absolute Gasteiger partial charge is 0.408 e. The van der Waals surface area contributed by atoms with E-state index >= 15 is 0 Å². The molecule has 0 fully saturated rings. The number of hydroxylamine groups is 3. The summed E-state index contributed by atoms with van der Waals surface area (Å²) >= 11 is 0. The minimum atomic E-state index is -4.41. The van der Waals surface area contributed by atoms with Crippen LogP contribution >= 0.6 is 0 Å². The topological polar surface area (TPSA) is 133 Å². The largest absolute Gasteiger partial charge is 0.459 e. The van der Waals surface area contributed by atoms with Crippen LogP contribution in [0.1, 0.15) is 24.2 Å². The lowest BCUT2D eigenvalue weighted by Crippen LogP contribution is -2.55. The molecular formula is C20H20F4N5O4+. The van der Waals surface area contributed by atoms with E-state index in [1.54, 1.807) is 0 Å². The number of rotatable bonds is 6. The Labute approximate surface area is 185 Å². The molecule has 1 aliphatic heterocycles. The zero-order valence-electron chi connectivity index (χ0n) is 17.2. The number of amides is 2. The number of ether oxygens (including phenoxy) is 1. The minimum absolute atomic E-state index is 0.00421. The van der Waals surface area contributed by atoms with Gasteiger partial charge in [-0.25, -0.2) is 14.0 Å². The number of nitrogens with two attached hydrogens (primary N) is 2. The van der Waals surface area contributed by atoms with Crippen LogP contribution in [-0.2, 0) is 17.9 Å². The standard InChI is InChI=1S/C20H19F4N5O4/c21-13-4-1-3-12(9-13)16-14(10-25)28-6-8-29(33-19(27)31,7-2-5-20(22,23)24)11-15(28)17(16)32-18(26)30/h1,3-4,9H,2,5-8,11H2,(H3-,26,27,30,31)/p+1. The van der Waals surface area contributed by atoms with Crippen LogP contribution in [0.4, 0.5) is 27.2 Å². The van der Waals surface area contributed by atoms with E-state index in [2.05, 4.69) is 0 Å². The van der Waals surface area contributed by atoms with Gasteiger partial charge < -0.3 is 20.8 Å². The molecule has 13 heteroatoms. The number of halogens is 4. The van der Waals surface area contributed by atoms with Crippen molar-refractivity contribution < 1.29 is 41.4 Å². The Bertz CT molecular complexity index is 1120. The van der Waals surface area contributed by atoms with Crippen LogP contribution < -0.4 is 16.2 Å². The highest BCUT2D eigenvalue weighted by Gasteiger charge is 2.43. The highest BCUT2D eigenvalue weighted by Crippen LogP contribution is 2.43. The summed E-state index contributed by atoms with van der Waals surface area (Å²) in [5, 5.41) is 9.79. The Morgan fingerprint density at radius 3 is 2.55 bits per heavy atom. The van der Waals surface area contributed by atoms with Crippen molar-refractivity contribution in [2.75, 3.05) is 13.1 Å². The van der Waals surface area contributed by atoms with E-state index in [-0.39, 0.29) is 60.9 Å². The van der Waals surface area contributed by atoms with E-state index in [9.17, 15) is 32.4 Å². The molecule has 2 amide bonds. The molecule has 3 rings (SSSR count). The van der Waals surface area contributed by atoms with Crippen LogP contribution in [0, 0.1) is 17.1 Å². The number of primary amides is 2. The van der Waals surface area contributed by atoms with E-state index in [0.29, 0.717) is 0 Å². The predicted octanol–water partition coefficient (Wildman–Crippen LogP) is 3.31. The molecule has 1 unspecified atom stereocenters. The zero-order valence-corrected chi connectivity index (χ0v) is 17.2. The van der Waals surface area contributed by atoms with Crippen LogP contribution in [0.5, 0.6) is 5.75 Å². The first-order valence-corrected chi connectivity index (χ1v) is 9.75. The van der Waals surface area contributed by atoms with Gasteiger partial charge >= 0.3 is 18.4 Å². The summed E-state index contributed by atoms with van der Waals surface area (Å²) in [6.45, 7) is -0.480. The molecule has 1 aromatic heterocycles. The molecule has 1 aliphatic rings. The first-order chi connectivity index (χ1) is 15.4. The van der Waals surface area contributed by atoms with Gasteiger partial charge in [0.15, 0.2) is 12.3 Å². The van der Waals surface area contributed by atoms with E-state index in [0.717, 1.165) is 6.07 Å². The summed E-state index contributed by atoms with van der Waals surface area (Å²) in [6.07, 6.45) is -8.32. The summed E-state index contributed by atoms with van der Waals surface area (Å²) < 4.78 is 58.0. The number of aromatic nitrogens is 1. The normalized spacial score (nSPS) is 17.7. The Morgan fingerprint density at radius 1 is 1.24 bits per heavy atom. The molecule has 9 nitrogen and oxygen atoms in total. The second kappa shape index (κ2) is 8.99. The van der Waals surface area contributed by atoms with E-state index < -0.39 is 35.2 Å². The van der Waals surface area contributed by atoms with Crippen molar-refractivity contribution in [3.8, 4) is 22.9 Å². The molecule has 1 aromatic carbocycles. The predicted molar refractivity (Wildman–Crippen MR) is 104 cm³/mol. The third-order valence-corrected chi connectivity index (χ3v) is 5.22. The maximum absolute atomic E-state index is 13.9. The number of hydrogen-bond donors (Lipinski definition) is 2. The van der Waals surface area contributed by atoms with Gasteiger partial charge in [0.2, 0.25) is 0 Å². The molecule has 4 N–H and O–H groups in total. The molecule has 2 aromatic rings. The monoisotopic (exact) mass is 470 g/mol. The molecule has 0 radical (unpaired) electrons. The molecule has 1 atom stereocenters. The van der Waals surface area contributed by atoms with Crippen molar-refractivity contribution >= 4 is 12.2 Å².